The topological polar surface area (TPSA) is 76.8 Å². The third-order valence-electron chi connectivity index (χ3n) is 4.04. The second-order valence-electron chi connectivity index (χ2n) is 6.00. The number of aryl methyl sites for hydroxylation is 1. The highest BCUT2D eigenvalue weighted by Gasteiger charge is 2.18. The minimum atomic E-state index is -0.0239. The van der Waals surface area contributed by atoms with Crippen LogP contribution in [-0.4, -0.2) is 27.3 Å². The van der Waals surface area contributed by atoms with E-state index in [9.17, 15) is 0 Å². The van der Waals surface area contributed by atoms with Gasteiger partial charge in [0.25, 0.3) is 0 Å². The summed E-state index contributed by atoms with van der Waals surface area (Å²) in [7, 11) is 1.65. The number of rotatable bonds is 5. The summed E-state index contributed by atoms with van der Waals surface area (Å²) < 4.78 is 11.1. The number of nitrogens with one attached hydrogen (secondary N) is 1. The quantitative estimate of drug-likeness (QED) is 0.512. The number of nitrogens with zero attached hydrogens (tertiary/aromatic N) is 3. The first-order valence-electron chi connectivity index (χ1n) is 8.23. The number of H-pyrrole nitrogens is 1. The maximum Gasteiger partial charge on any atom is 0.247 e. The second-order valence-corrected chi connectivity index (χ2v) is 7.33. The zero-order chi connectivity index (χ0) is 18.1. The number of aromatic nitrogens is 4. The number of methoxy groups -OCH3 is 1. The lowest BCUT2D eigenvalue weighted by atomic mass is 10.1. The molecule has 0 aliphatic heterocycles. The fourth-order valence-corrected chi connectivity index (χ4v) is 3.43. The van der Waals surface area contributed by atoms with Crippen molar-refractivity contribution in [1.82, 2.24) is 20.2 Å². The largest absolute Gasteiger partial charge is 0.497 e. The average molecular weight is 366 g/mol. The minimum Gasteiger partial charge on any atom is -0.497 e. The Balaban J connectivity index is 1.53. The maximum atomic E-state index is 5.85. The maximum absolute atomic E-state index is 5.85. The Morgan fingerprint density at radius 1 is 1.12 bits per heavy atom. The van der Waals surface area contributed by atoms with Gasteiger partial charge in [-0.25, -0.2) is 4.98 Å². The van der Waals surface area contributed by atoms with Gasteiger partial charge in [-0.15, -0.1) is 10.2 Å². The van der Waals surface area contributed by atoms with Crippen LogP contribution in [0.5, 0.6) is 5.75 Å². The average Bonchev–Trinajstić information content (AvgIpc) is 3.28. The minimum absolute atomic E-state index is 0.0239. The molecule has 0 amide bonds. The van der Waals surface area contributed by atoms with E-state index in [0.29, 0.717) is 11.8 Å². The van der Waals surface area contributed by atoms with E-state index in [-0.39, 0.29) is 5.25 Å². The van der Waals surface area contributed by atoms with Crippen LogP contribution in [0.3, 0.4) is 0 Å². The highest BCUT2D eigenvalue weighted by molar-refractivity contribution is 7.99. The zero-order valence-corrected chi connectivity index (χ0v) is 15.5. The van der Waals surface area contributed by atoms with Crippen LogP contribution < -0.4 is 4.74 Å². The van der Waals surface area contributed by atoms with E-state index in [4.69, 9.17) is 9.15 Å². The molecule has 2 heterocycles. The SMILES string of the molecule is COc1ccc2nc(SC(C)c3nnc(-c4ccc(C)cc4)o3)[nH]c2c1. The molecule has 0 radical (unpaired) electrons. The highest BCUT2D eigenvalue weighted by atomic mass is 32.2. The van der Waals surface area contributed by atoms with Crippen molar-refractivity contribution in [1.29, 1.82) is 0 Å². The molecule has 0 saturated heterocycles. The smallest absolute Gasteiger partial charge is 0.247 e. The molecule has 7 heteroatoms. The molecule has 0 fully saturated rings. The second kappa shape index (κ2) is 6.84. The number of imidazole rings is 1. The van der Waals surface area contributed by atoms with Crippen molar-refractivity contribution in [2.24, 2.45) is 0 Å². The van der Waals surface area contributed by atoms with E-state index in [0.717, 1.165) is 27.5 Å². The van der Waals surface area contributed by atoms with E-state index < -0.39 is 0 Å². The van der Waals surface area contributed by atoms with Gasteiger partial charge in [-0.05, 0) is 38.1 Å². The molecule has 6 nitrogen and oxygen atoms in total. The molecular formula is C19H18N4O2S. The molecule has 1 N–H and O–H groups in total. The van der Waals surface area contributed by atoms with E-state index in [1.54, 1.807) is 18.9 Å². The van der Waals surface area contributed by atoms with Gasteiger partial charge in [0, 0.05) is 11.6 Å². The van der Waals surface area contributed by atoms with Crippen molar-refractivity contribution in [2.45, 2.75) is 24.3 Å². The standard InChI is InChI=1S/C19H18N4O2S/c1-11-4-6-13(7-5-11)18-23-22-17(25-18)12(2)26-19-20-15-9-8-14(24-3)10-16(15)21-19/h4-10,12H,1-3H3,(H,20,21). The Morgan fingerprint density at radius 3 is 2.69 bits per heavy atom. The van der Waals surface area contributed by atoms with Gasteiger partial charge in [0.2, 0.25) is 11.8 Å². The van der Waals surface area contributed by atoms with Crippen molar-refractivity contribution in [3.05, 3.63) is 53.9 Å². The molecule has 4 rings (SSSR count). The lowest BCUT2D eigenvalue weighted by molar-refractivity contribution is 0.415. The van der Waals surface area contributed by atoms with Gasteiger partial charge in [-0.2, -0.15) is 0 Å². The van der Waals surface area contributed by atoms with Gasteiger partial charge in [0.15, 0.2) is 5.16 Å². The Hall–Kier alpha value is -2.80. The van der Waals surface area contributed by atoms with Crippen LogP contribution in [0.25, 0.3) is 22.5 Å². The fraction of sp³-hybridized carbons (Fsp3) is 0.211. The predicted molar refractivity (Wildman–Crippen MR) is 101 cm³/mol. The van der Waals surface area contributed by atoms with E-state index >= 15 is 0 Å². The first kappa shape index (κ1) is 16.7. The summed E-state index contributed by atoms with van der Waals surface area (Å²) in [6.45, 7) is 4.07. The summed E-state index contributed by atoms with van der Waals surface area (Å²) in [5.41, 5.74) is 3.94. The van der Waals surface area contributed by atoms with Gasteiger partial charge in [-0.3, -0.25) is 0 Å². The van der Waals surface area contributed by atoms with E-state index in [1.807, 2.05) is 56.3 Å². The van der Waals surface area contributed by atoms with E-state index in [1.165, 1.54) is 5.56 Å². The molecular weight excluding hydrogens is 348 g/mol. The van der Waals surface area contributed by atoms with Crippen LogP contribution >= 0.6 is 11.8 Å². The van der Waals surface area contributed by atoms with Gasteiger partial charge in [0.05, 0.1) is 23.4 Å². The molecule has 0 saturated carbocycles. The normalized spacial score (nSPS) is 12.4. The van der Waals surface area contributed by atoms with Crippen molar-refractivity contribution in [3.63, 3.8) is 0 Å². The van der Waals surface area contributed by atoms with Gasteiger partial charge < -0.3 is 14.1 Å². The molecule has 0 aliphatic carbocycles. The van der Waals surface area contributed by atoms with Gasteiger partial charge in [0.1, 0.15) is 5.75 Å². The first-order valence-corrected chi connectivity index (χ1v) is 9.11. The van der Waals surface area contributed by atoms with Crippen molar-refractivity contribution in [3.8, 4) is 17.2 Å². The molecule has 1 unspecified atom stereocenters. The van der Waals surface area contributed by atoms with Crippen LogP contribution in [0.4, 0.5) is 0 Å². The number of benzene rings is 2. The van der Waals surface area contributed by atoms with Crippen LogP contribution in [0, 0.1) is 6.92 Å². The summed E-state index contributed by atoms with van der Waals surface area (Å²) >= 11 is 1.54. The molecule has 26 heavy (non-hydrogen) atoms. The number of fused-ring (bicyclic) bond motifs is 1. The number of thioether (sulfide) groups is 1. The van der Waals surface area contributed by atoms with Crippen molar-refractivity contribution in [2.75, 3.05) is 7.11 Å². The Morgan fingerprint density at radius 2 is 1.92 bits per heavy atom. The van der Waals surface area contributed by atoms with Crippen molar-refractivity contribution >= 4 is 22.8 Å². The molecule has 2 aromatic heterocycles. The molecule has 1 atom stereocenters. The fourth-order valence-electron chi connectivity index (χ4n) is 2.58. The van der Waals surface area contributed by atoms with Crippen LogP contribution in [0.1, 0.15) is 23.6 Å². The van der Waals surface area contributed by atoms with E-state index in [2.05, 4.69) is 20.2 Å². The summed E-state index contributed by atoms with van der Waals surface area (Å²) in [5.74, 6) is 1.90. The van der Waals surface area contributed by atoms with Crippen molar-refractivity contribution < 1.29 is 9.15 Å². The highest BCUT2D eigenvalue weighted by Crippen LogP contribution is 2.35. The summed E-state index contributed by atoms with van der Waals surface area (Å²) in [6.07, 6.45) is 0. The Bertz CT molecular complexity index is 1040. The molecule has 0 spiro atoms. The van der Waals surface area contributed by atoms with Crippen LogP contribution in [0.15, 0.2) is 52.0 Å². The number of hydrogen-bond donors (Lipinski definition) is 1. The molecule has 0 aliphatic rings. The molecule has 4 aromatic rings. The number of ether oxygens (including phenoxy) is 1. The summed E-state index contributed by atoms with van der Waals surface area (Å²) in [4.78, 5) is 7.89. The van der Waals surface area contributed by atoms with Gasteiger partial charge >= 0.3 is 0 Å². The Labute approximate surface area is 155 Å². The third-order valence-corrected chi connectivity index (χ3v) is 5.01. The van der Waals surface area contributed by atoms with Crippen LogP contribution in [-0.2, 0) is 0 Å². The zero-order valence-electron chi connectivity index (χ0n) is 14.7. The van der Waals surface area contributed by atoms with Gasteiger partial charge in [-0.1, -0.05) is 29.5 Å². The summed E-state index contributed by atoms with van der Waals surface area (Å²) in [5, 5.41) is 9.14. The number of aromatic amines is 1. The lowest BCUT2D eigenvalue weighted by Gasteiger charge is -2.03. The molecule has 2 aromatic carbocycles. The third kappa shape index (κ3) is 3.30. The summed E-state index contributed by atoms with van der Waals surface area (Å²) in [6, 6.07) is 13.8. The Kier molecular flexibility index (Phi) is 4.38. The monoisotopic (exact) mass is 366 g/mol. The number of hydrogen-bond acceptors (Lipinski definition) is 6. The van der Waals surface area contributed by atoms with Crippen LogP contribution in [0.2, 0.25) is 0 Å². The predicted octanol–water partition coefficient (Wildman–Crippen LogP) is 4.78. The molecule has 132 valence electrons. The lowest BCUT2D eigenvalue weighted by Crippen LogP contribution is -1.89. The first-order chi connectivity index (χ1) is 12.6. The molecule has 0 bridgehead atoms.